The Bertz CT molecular complexity index is 516. The van der Waals surface area contributed by atoms with Gasteiger partial charge in [-0.2, -0.15) is 15.1 Å². The molecule has 2 rings (SSSR count). The minimum absolute atomic E-state index is 0.207. The molecule has 2 aromatic rings. The minimum atomic E-state index is 0.207. The number of aromatic nitrogens is 4. The zero-order valence-corrected chi connectivity index (χ0v) is 11.7. The number of hydrogen-bond donors (Lipinski definition) is 2. The summed E-state index contributed by atoms with van der Waals surface area (Å²) in [6.07, 6.45) is 4.89. The van der Waals surface area contributed by atoms with Crippen molar-refractivity contribution < 1.29 is 4.74 Å². The Balaban J connectivity index is 1.79. The highest BCUT2D eigenvalue weighted by atomic mass is 35.5. The first-order chi connectivity index (χ1) is 9.31. The maximum Gasteiger partial charge on any atom is 0.226 e. The molecule has 0 aliphatic rings. The van der Waals surface area contributed by atoms with Gasteiger partial charge in [-0.3, -0.25) is 5.10 Å². The number of nitrogens with zero attached hydrogens (tertiary/aromatic N) is 3. The first kappa shape index (κ1) is 14.0. The van der Waals surface area contributed by atoms with Crippen LogP contribution in [0.5, 0.6) is 0 Å². The van der Waals surface area contributed by atoms with E-state index in [2.05, 4.69) is 32.4 Å². The van der Waals surface area contributed by atoms with Crippen molar-refractivity contribution in [3.8, 4) is 0 Å². The third-order valence-corrected chi connectivity index (χ3v) is 2.85. The summed E-state index contributed by atoms with van der Waals surface area (Å²) in [5, 5.41) is 11.0. The number of H-pyrrole nitrogens is 1. The van der Waals surface area contributed by atoms with Gasteiger partial charge in [-0.05, 0) is 24.4 Å². The van der Waals surface area contributed by atoms with Gasteiger partial charge >= 0.3 is 0 Å². The van der Waals surface area contributed by atoms with Crippen LogP contribution in [0.25, 0.3) is 11.0 Å². The lowest BCUT2D eigenvalue weighted by molar-refractivity contribution is 0.131. The monoisotopic (exact) mass is 283 g/mol. The third-order valence-electron chi connectivity index (χ3n) is 2.68. The van der Waals surface area contributed by atoms with Crippen molar-refractivity contribution in [3.05, 3.63) is 11.5 Å². The molecule has 2 aromatic heterocycles. The van der Waals surface area contributed by atoms with Gasteiger partial charge in [0.25, 0.3) is 0 Å². The van der Waals surface area contributed by atoms with Gasteiger partial charge in [0.2, 0.25) is 5.28 Å². The van der Waals surface area contributed by atoms with Crippen LogP contribution in [0.3, 0.4) is 0 Å². The highest BCUT2D eigenvalue weighted by molar-refractivity contribution is 6.28. The molecule has 2 heterocycles. The van der Waals surface area contributed by atoms with E-state index in [1.165, 1.54) is 0 Å². The maximum atomic E-state index is 5.84. The van der Waals surface area contributed by atoms with Gasteiger partial charge in [0.15, 0.2) is 5.65 Å². The molecule has 0 radical (unpaired) electrons. The summed E-state index contributed by atoms with van der Waals surface area (Å²) in [6, 6.07) is 0. The summed E-state index contributed by atoms with van der Waals surface area (Å²) in [7, 11) is 0. The topological polar surface area (TPSA) is 75.7 Å². The largest absolute Gasteiger partial charge is 0.381 e. The summed E-state index contributed by atoms with van der Waals surface area (Å²) < 4.78 is 5.49. The Labute approximate surface area is 116 Å². The van der Waals surface area contributed by atoms with Crippen molar-refractivity contribution in [3.63, 3.8) is 0 Å². The molecule has 6 nitrogen and oxygen atoms in total. The van der Waals surface area contributed by atoms with Crippen molar-refractivity contribution in [1.82, 2.24) is 20.2 Å². The molecular formula is C12H18ClN5O. The van der Waals surface area contributed by atoms with Gasteiger partial charge in [0.05, 0.1) is 11.6 Å². The molecule has 0 amide bonds. The highest BCUT2D eigenvalue weighted by Crippen LogP contribution is 2.19. The van der Waals surface area contributed by atoms with Crippen LogP contribution in [0.2, 0.25) is 5.28 Å². The lowest BCUT2D eigenvalue weighted by atomic mass is 10.3. The average molecular weight is 284 g/mol. The van der Waals surface area contributed by atoms with E-state index in [1.807, 2.05) is 0 Å². The molecule has 0 unspecified atom stereocenters. The van der Waals surface area contributed by atoms with E-state index in [-0.39, 0.29) is 5.28 Å². The molecule has 0 saturated carbocycles. The first-order valence-corrected chi connectivity index (χ1v) is 6.87. The average Bonchev–Trinajstić information content (AvgIpc) is 2.85. The second kappa shape index (κ2) is 7.25. The van der Waals surface area contributed by atoms with Gasteiger partial charge in [0, 0.05) is 19.8 Å². The molecule has 0 aliphatic heterocycles. The van der Waals surface area contributed by atoms with E-state index < -0.39 is 0 Å². The smallest absolute Gasteiger partial charge is 0.226 e. The fraction of sp³-hybridized carbons (Fsp3) is 0.583. The lowest BCUT2D eigenvalue weighted by Crippen LogP contribution is -2.08. The van der Waals surface area contributed by atoms with E-state index >= 15 is 0 Å². The van der Waals surface area contributed by atoms with Crippen LogP contribution in [-0.2, 0) is 4.74 Å². The molecule has 7 heteroatoms. The standard InChI is InChI=1S/C12H18ClN5O/c1-2-3-6-19-7-4-5-14-10-9-8-15-18-11(9)17-12(13)16-10/h8H,2-7H2,1H3,(H2,14,15,16,17,18). The van der Waals surface area contributed by atoms with Crippen LogP contribution in [0.1, 0.15) is 26.2 Å². The quantitative estimate of drug-likeness (QED) is 0.575. The first-order valence-electron chi connectivity index (χ1n) is 6.49. The Morgan fingerprint density at radius 2 is 2.16 bits per heavy atom. The Morgan fingerprint density at radius 3 is 3.00 bits per heavy atom. The highest BCUT2D eigenvalue weighted by Gasteiger charge is 2.07. The fourth-order valence-corrected chi connectivity index (χ4v) is 1.84. The van der Waals surface area contributed by atoms with Gasteiger partial charge in [0.1, 0.15) is 5.82 Å². The zero-order chi connectivity index (χ0) is 13.5. The predicted molar refractivity (Wildman–Crippen MR) is 75.5 cm³/mol. The number of aromatic amines is 1. The zero-order valence-electron chi connectivity index (χ0n) is 10.9. The van der Waals surface area contributed by atoms with Crippen molar-refractivity contribution in [2.45, 2.75) is 26.2 Å². The molecule has 0 aromatic carbocycles. The van der Waals surface area contributed by atoms with Crippen LogP contribution in [0.15, 0.2) is 6.20 Å². The van der Waals surface area contributed by atoms with Crippen molar-refractivity contribution in [2.75, 3.05) is 25.1 Å². The molecule has 0 atom stereocenters. The van der Waals surface area contributed by atoms with E-state index in [9.17, 15) is 0 Å². The van der Waals surface area contributed by atoms with E-state index in [1.54, 1.807) is 6.20 Å². The number of fused-ring (bicyclic) bond motifs is 1. The molecular weight excluding hydrogens is 266 g/mol. The third kappa shape index (κ3) is 4.04. The number of unbranched alkanes of at least 4 members (excludes halogenated alkanes) is 1. The summed E-state index contributed by atoms with van der Waals surface area (Å²) >= 11 is 5.84. The number of anilines is 1. The number of halogens is 1. The number of rotatable bonds is 8. The van der Waals surface area contributed by atoms with E-state index in [4.69, 9.17) is 16.3 Å². The SMILES string of the molecule is CCCCOCCCNc1nc(Cl)nc2[nH]ncc12. The molecule has 19 heavy (non-hydrogen) atoms. The molecule has 0 bridgehead atoms. The van der Waals surface area contributed by atoms with Crippen molar-refractivity contribution in [1.29, 1.82) is 0 Å². The summed E-state index contributed by atoms with van der Waals surface area (Å²) in [5.74, 6) is 0.706. The molecule has 104 valence electrons. The molecule has 0 spiro atoms. The number of hydrogen-bond acceptors (Lipinski definition) is 5. The molecule has 2 N–H and O–H groups in total. The van der Waals surface area contributed by atoms with Crippen LogP contribution < -0.4 is 5.32 Å². The summed E-state index contributed by atoms with van der Waals surface area (Å²) in [5.41, 5.74) is 0.640. The van der Waals surface area contributed by atoms with Gasteiger partial charge < -0.3 is 10.1 Å². The number of ether oxygens (including phenoxy) is 1. The second-order valence-corrected chi connectivity index (χ2v) is 4.56. The van der Waals surface area contributed by atoms with Gasteiger partial charge in [-0.15, -0.1) is 0 Å². The Morgan fingerprint density at radius 1 is 1.32 bits per heavy atom. The van der Waals surface area contributed by atoms with Gasteiger partial charge in [-0.25, -0.2) is 0 Å². The van der Waals surface area contributed by atoms with Crippen LogP contribution >= 0.6 is 11.6 Å². The molecule has 0 saturated heterocycles. The van der Waals surface area contributed by atoms with Crippen LogP contribution in [-0.4, -0.2) is 39.9 Å². The second-order valence-electron chi connectivity index (χ2n) is 4.22. The summed E-state index contributed by atoms with van der Waals surface area (Å²) in [6.45, 7) is 4.52. The van der Waals surface area contributed by atoms with Crippen molar-refractivity contribution >= 4 is 28.5 Å². The Hall–Kier alpha value is -1.40. The summed E-state index contributed by atoms with van der Waals surface area (Å²) in [4.78, 5) is 8.21. The molecule has 0 aliphatic carbocycles. The number of nitrogens with one attached hydrogen (secondary N) is 2. The van der Waals surface area contributed by atoms with E-state index in [0.717, 1.165) is 44.4 Å². The minimum Gasteiger partial charge on any atom is -0.381 e. The van der Waals surface area contributed by atoms with Crippen molar-refractivity contribution in [2.24, 2.45) is 0 Å². The van der Waals surface area contributed by atoms with Crippen LogP contribution in [0, 0.1) is 0 Å². The Kier molecular flexibility index (Phi) is 5.35. The lowest BCUT2D eigenvalue weighted by Gasteiger charge is -2.07. The normalized spacial score (nSPS) is 11.1. The predicted octanol–water partition coefficient (Wildman–Crippen LogP) is 2.62. The van der Waals surface area contributed by atoms with Gasteiger partial charge in [-0.1, -0.05) is 13.3 Å². The molecule has 0 fully saturated rings. The van der Waals surface area contributed by atoms with E-state index in [0.29, 0.717) is 11.5 Å². The van der Waals surface area contributed by atoms with Crippen LogP contribution in [0.4, 0.5) is 5.82 Å². The fourth-order valence-electron chi connectivity index (χ4n) is 1.67. The maximum absolute atomic E-state index is 5.84.